The third-order valence-electron chi connectivity index (χ3n) is 2.34. The minimum absolute atomic E-state index is 0.0461. The molecular formula is C11H12NO-. The molecule has 0 saturated carbocycles. The normalized spacial score (nSPS) is 20.2. The van der Waals surface area contributed by atoms with Crippen LogP contribution >= 0.6 is 0 Å². The molecule has 2 nitrogen and oxygen atoms in total. The molecule has 0 amide bonds. The Kier molecular flexibility index (Phi) is 1.85. The predicted molar refractivity (Wildman–Crippen MR) is 55.5 cm³/mol. The standard InChI is InChI=1S/C11H12NO/c1-8-3-6-11-10(7-8)5-4-9(2)12(11)13/h3-7,9H,1-2H3/q-1. The van der Waals surface area contributed by atoms with Gasteiger partial charge in [-0.25, -0.2) is 0 Å². The number of aryl methyl sites for hydroxylation is 1. The smallest absolute Gasteiger partial charge is 0.0337 e. The summed E-state index contributed by atoms with van der Waals surface area (Å²) >= 11 is 0. The van der Waals surface area contributed by atoms with E-state index in [4.69, 9.17) is 0 Å². The van der Waals surface area contributed by atoms with Crippen molar-refractivity contribution in [2.75, 3.05) is 5.06 Å². The van der Waals surface area contributed by atoms with Crippen LogP contribution in [0.15, 0.2) is 24.3 Å². The van der Waals surface area contributed by atoms with E-state index >= 15 is 0 Å². The molecule has 0 bridgehead atoms. The molecule has 2 rings (SSSR count). The quantitative estimate of drug-likeness (QED) is 0.604. The Balaban J connectivity index is 2.52. The Morgan fingerprint density at radius 3 is 2.92 bits per heavy atom. The van der Waals surface area contributed by atoms with Crippen molar-refractivity contribution in [2.24, 2.45) is 0 Å². The molecule has 1 aliphatic heterocycles. The van der Waals surface area contributed by atoms with Crippen molar-refractivity contribution >= 4 is 11.8 Å². The van der Waals surface area contributed by atoms with E-state index in [-0.39, 0.29) is 6.04 Å². The molecule has 68 valence electrons. The van der Waals surface area contributed by atoms with Crippen LogP contribution in [-0.4, -0.2) is 6.04 Å². The number of nitrogens with zero attached hydrogens (tertiary/aromatic N) is 1. The first kappa shape index (κ1) is 8.32. The minimum atomic E-state index is -0.0461. The van der Waals surface area contributed by atoms with Gasteiger partial charge >= 0.3 is 0 Å². The summed E-state index contributed by atoms with van der Waals surface area (Å²) in [6.45, 7) is 3.92. The molecule has 2 heteroatoms. The average molecular weight is 174 g/mol. The lowest BCUT2D eigenvalue weighted by Crippen LogP contribution is -2.27. The van der Waals surface area contributed by atoms with E-state index in [9.17, 15) is 5.21 Å². The molecule has 13 heavy (non-hydrogen) atoms. The molecule has 1 aromatic rings. The molecule has 1 heterocycles. The number of fused-ring (bicyclic) bond motifs is 1. The minimum Gasteiger partial charge on any atom is -0.758 e. The molecule has 1 aliphatic rings. The van der Waals surface area contributed by atoms with Gasteiger partial charge in [0.2, 0.25) is 0 Å². The van der Waals surface area contributed by atoms with Crippen LogP contribution in [0.1, 0.15) is 18.1 Å². The average Bonchev–Trinajstić information content (AvgIpc) is 2.12. The summed E-state index contributed by atoms with van der Waals surface area (Å²) < 4.78 is 0. The molecule has 0 radical (unpaired) electrons. The van der Waals surface area contributed by atoms with Gasteiger partial charge in [0.05, 0.1) is 0 Å². The third kappa shape index (κ3) is 1.33. The number of anilines is 1. The molecule has 0 aliphatic carbocycles. The van der Waals surface area contributed by atoms with Crippen LogP contribution in [-0.2, 0) is 0 Å². The van der Waals surface area contributed by atoms with Crippen molar-refractivity contribution in [1.82, 2.24) is 0 Å². The Bertz CT molecular complexity index is 357. The van der Waals surface area contributed by atoms with Gasteiger partial charge in [-0.3, -0.25) is 0 Å². The van der Waals surface area contributed by atoms with Gasteiger partial charge in [-0.15, -0.1) is 0 Å². The highest BCUT2D eigenvalue weighted by Gasteiger charge is 2.10. The first-order chi connectivity index (χ1) is 6.18. The monoisotopic (exact) mass is 174 g/mol. The zero-order valence-corrected chi connectivity index (χ0v) is 7.82. The lowest BCUT2D eigenvalue weighted by molar-refractivity contribution is 0.854. The van der Waals surface area contributed by atoms with Gasteiger partial charge in [-0.2, -0.15) is 0 Å². The second-order valence-electron chi connectivity index (χ2n) is 3.49. The van der Waals surface area contributed by atoms with Crippen molar-refractivity contribution in [3.63, 3.8) is 0 Å². The van der Waals surface area contributed by atoms with E-state index in [1.54, 1.807) is 0 Å². The highest BCUT2D eigenvalue weighted by Crippen LogP contribution is 2.28. The molecule has 0 saturated heterocycles. The number of hydrogen-bond donors (Lipinski definition) is 0. The van der Waals surface area contributed by atoms with Crippen LogP contribution < -0.4 is 5.06 Å². The highest BCUT2D eigenvalue weighted by molar-refractivity contribution is 5.73. The third-order valence-corrected chi connectivity index (χ3v) is 2.34. The maximum Gasteiger partial charge on any atom is 0.0337 e. The number of hydrogen-bond acceptors (Lipinski definition) is 2. The summed E-state index contributed by atoms with van der Waals surface area (Å²) in [4.78, 5) is 0. The molecular weight excluding hydrogens is 162 g/mol. The first-order valence-corrected chi connectivity index (χ1v) is 4.44. The first-order valence-electron chi connectivity index (χ1n) is 4.44. The van der Waals surface area contributed by atoms with E-state index in [1.807, 2.05) is 44.2 Å². The largest absolute Gasteiger partial charge is 0.758 e. The Morgan fingerprint density at radius 2 is 2.15 bits per heavy atom. The lowest BCUT2D eigenvalue weighted by atomic mass is 10.0. The maximum absolute atomic E-state index is 11.6. The van der Waals surface area contributed by atoms with E-state index < -0.39 is 0 Å². The summed E-state index contributed by atoms with van der Waals surface area (Å²) in [5.74, 6) is 0. The van der Waals surface area contributed by atoms with Crippen molar-refractivity contribution in [3.05, 3.63) is 40.6 Å². The van der Waals surface area contributed by atoms with E-state index in [2.05, 4.69) is 0 Å². The topological polar surface area (TPSA) is 26.3 Å². The fourth-order valence-corrected chi connectivity index (χ4v) is 1.55. The number of rotatable bonds is 0. The molecule has 0 aromatic heterocycles. The van der Waals surface area contributed by atoms with Crippen LogP contribution in [0.3, 0.4) is 0 Å². The Morgan fingerprint density at radius 1 is 1.38 bits per heavy atom. The fraction of sp³-hybridized carbons (Fsp3) is 0.273. The van der Waals surface area contributed by atoms with E-state index in [1.165, 1.54) is 5.56 Å². The summed E-state index contributed by atoms with van der Waals surface area (Å²) in [5.41, 5.74) is 2.99. The number of benzene rings is 1. The zero-order chi connectivity index (χ0) is 9.42. The van der Waals surface area contributed by atoms with Crippen LogP contribution in [0.25, 0.3) is 6.08 Å². The number of hydroxylamine groups is 1. The van der Waals surface area contributed by atoms with Gasteiger partial charge < -0.3 is 10.3 Å². The predicted octanol–water partition coefficient (Wildman–Crippen LogP) is 2.71. The van der Waals surface area contributed by atoms with Crippen molar-refractivity contribution in [1.29, 1.82) is 0 Å². The molecule has 0 spiro atoms. The van der Waals surface area contributed by atoms with Crippen LogP contribution in [0.2, 0.25) is 0 Å². The van der Waals surface area contributed by atoms with Crippen molar-refractivity contribution < 1.29 is 0 Å². The van der Waals surface area contributed by atoms with Gasteiger partial charge in [0.15, 0.2) is 0 Å². The Labute approximate surface area is 78.1 Å². The fourth-order valence-electron chi connectivity index (χ4n) is 1.55. The van der Waals surface area contributed by atoms with E-state index in [0.29, 0.717) is 0 Å². The van der Waals surface area contributed by atoms with Crippen LogP contribution in [0.4, 0.5) is 5.69 Å². The summed E-state index contributed by atoms with van der Waals surface area (Å²) in [6, 6.07) is 5.84. The van der Waals surface area contributed by atoms with Gasteiger partial charge in [-0.1, -0.05) is 23.8 Å². The second kappa shape index (κ2) is 2.89. The molecule has 1 atom stereocenters. The summed E-state index contributed by atoms with van der Waals surface area (Å²) in [6.07, 6.45) is 3.94. The summed E-state index contributed by atoms with van der Waals surface area (Å²) in [5, 5.41) is 12.6. The Hall–Kier alpha value is -1.28. The maximum atomic E-state index is 11.6. The van der Waals surface area contributed by atoms with E-state index in [0.717, 1.165) is 16.3 Å². The molecule has 1 aromatic carbocycles. The summed E-state index contributed by atoms with van der Waals surface area (Å²) in [7, 11) is 0. The van der Waals surface area contributed by atoms with Crippen molar-refractivity contribution in [2.45, 2.75) is 19.9 Å². The van der Waals surface area contributed by atoms with Gasteiger partial charge in [0.25, 0.3) is 0 Å². The SMILES string of the molecule is Cc1ccc2c(c1)C=CC(C)N2[O-]. The van der Waals surface area contributed by atoms with Crippen molar-refractivity contribution in [3.8, 4) is 0 Å². The van der Waals surface area contributed by atoms with Crippen LogP contribution in [0, 0.1) is 12.1 Å². The van der Waals surface area contributed by atoms with Crippen LogP contribution in [0.5, 0.6) is 0 Å². The van der Waals surface area contributed by atoms with Gasteiger partial charge in [0, 0.05) is 11.7 Å². The highest BCUT2D eigenvalue weighted by atomic mass is 16.5. The second-order valence-corrected chi connectivity index (χ2v) is 3.49. The van der Waals surface area contributed by atoms with Gasteiger partial charge in [-0.05, 0) is 31.5 Å². The zero-order valence-electron chi connectivity index (χ0n) is 7.82. The molecule has 1 unspecified atom stereocenters. The lowest BCUT2D eigenvalue weighted by Gasteiger charge is -2.39. The molecule has 0 fully saturated rings. The molecule has 0 N–H and O–H groups in total. The van der Waals surface area contributed by atoms with Gasteiger partial charge in [0.1, 0.15) is 0 Å².